The minimum absolute atomic E-state index is 0.185. The van der Waals surface area contributed by atoms with Gasteiger partial charge < -0.3 is 5.73 Å². The van der Waals surface area contributed by atoms with Gasteiger partial charge in [-0.1, -0.05) is 43.6 Å². The predicted molar refractivity (Wildman–Crippen MR) is 78.6 cm³/mol. The fourth-order valence-electron chi connectivity index (χ4n) is 2.02. The number of aromatic nitrogens is 2. The molecule has 5 heteroatoms. The van der Waals surface area contributed by atoms with Crippen LogP contribution in [0.2, 0.25) is 5.02 Å². The lowest BCUT2D eigenvalue weighted by atomic mass is 10.1. The molecule has 0 saturated heterocycles. The molecular formula is C14H18ClN3O. The summed E-state index contributed by atoms with van der Waals surface area (Å²) in [4.78, 5) is 12.1. The number of hydrogen-bond acceptors (Lipinski definition) is 2. The van der Waals surface area contributed by atoms with Gasteiger partial charge in [0.15, 0.2) is 0 Å². The fraction of sp³-hybridized carbons (Fsp3) is 0.357. The summed E-state index contributed by atoms with van der Waals surface area (Å²) in [7, 11) is 0. The van der Waals surface area contributed by atoms with Gasteiger partial charge in [-0.2, -0.15) is 0 Å². The Labute approximate surface area is 117 Å². The van der Waals surface area contributed by atoms with Gasteiger partial charge in [0, 0.05) is 5.02 Å². The molecule has 102 valence electrons. The number of hydrogen-bond donors (Lipinski definition) is 2. The number of anilines is 1. The van der Waals surface area contributed by atoms with Gasteiger partial charge in [0.2, 0.25) is 0 Å². The molecule has 0 spiro atoms. The van der Waals surface area contributed by atoms with Crippen LogP contribution in [0.4, 0.5) is 5.69 Å². The minimum atomic E-state index is -0.185. The summed E-state index contributed by atoms with van der Waals surface area (Å²) in [6.45, 7) is 4.58. The Kier molecular flexibility index (Phi) is 4.00. The zero-order valence-electron chi connectivity index (χ0n) is 11.1. The van der Waals surface area contributed by atoms with Crippen molar-refractivity contribution in [1.29, 1.82) is 0 Å². The number of rotatable bonds is 4. The van der Waals surface area contributed by atoms with Gasteiger partial charge in [-0.3, -0.25) is 9.89 Å². The van der Waals surface area contributed by atoms with E-state index < -0.39 is 0 Å². The summed E-state index contributed by atoms with van der Waals surface area (Å²) in [5, 5.41) is 3.72. The third-order valence-electron chi connectivity index (χ3n) is 2.97. The first kappa shape index (κ1) is 13.7. The van der Waals surface area contributed by atoms with E-state index in [1.165, 1.54) is 4.68 Å². The molecule has 2 rings (SSSR count). The molecule has 0 aliphatic rings. The Balaban J connectivity index is 2.32. The first-order valence-electron chi connectivity index (χ1n) is 6.29. The van der Waals surface area contributed by atoms with E-state index in [-0.39, 0.29) is 5.56 Å². The standard InChI is InChI=1S/C14H18ClN3O/c1-9(2)7-12-13(16)14(19)18(17-12)8-10-5-3-4-6-11(10)15/h3-6,9,17H,7-8,16H2,1-2H3. The highest BCUT2D eigenvalue weighted by Crippen LogP contribution is 2.16. The molecule has 3 N–H and O–H groups in total. The predicted octanol–water partition coefficient (Wildman–Crippen LogP) is 2.66. The molecule has 19 heavy (non-hydrogen) atoms. The first-order valence-corrected chi connectivity index (χ1v) is 6.67. The summed E-state index contributed by atoms with van der Waals surface area (Å²) in [5.74, 6) is 0.439. The Morgan fingerprint density at radius 1 is 1.37 bits per heavy atom. The van der Waals surface area contributed by atoms with Crippen molar-refractivity contribution < 1.29 is 0 Å². The number of benzene rings is 1. The topological polar surface area (TPSA) is 63.8 Å². The number of nitrogens with two attached hydrogens (primary N) is 1. The lowest BCUT2D eigenvalue weighted by molar-refractivity contribution is 0.603. The van der Waals surface area contributed by atoms with E-state index in [0.29, 0.717) is 23.2 Å². The van der Waals surface area contributed by atoms with Gasteiger partial charge in [-0.25, -0.2) is 4.68 Å². The number of nitrogen functional groups attached to an aromatic ring is 1. The van der Waals surface area contributed by atoms with Crippen LogP contribution in [0.3, 0.4) is 0 Å². The second-order valence-electron chi connectivity index (χ2n) is 5.08. The maximum Gasteiger partial charge on any atom is 0.290 e. The van der Waals surface area contributed by atoms with Crippen LogP contribution in [0.1, 0.15) is 25.1 Å². The van der Waals surface area contributed by atoms with Crippen LogP contribution in [0.25, 0.3) is 0 Å². The lowest BCUT2D eigenvalue weighted by Crippen LogP contribution is -2.19. The van der Waals surface area contributed by atoms with Crippen LogP contribution in [-0.2, 0) is 13.0 Å². The molecule has 0 aliphatic heterocycles. The molecule has 4 nitrogen and oxygen atoms in total. The third-order valence-corrected chi connectivity index (χ3v) is 3.34. The van der Waals surface area contributed by atoms with Crippen LogP contribution in [0, 0.1) is 5.92 Å². The number of nitrogens with one attached hydrogen (secondary N) is 1. The molecule has 0 radical (unpaired) electrons. The van der Waals surface area contributed by atoms with Crippen molar-refractivity contribution in [3.05, 3.63) is 50.9 Å². The summed E-state index contributed by atoms with van der Waals surface area (Å²) in [6.07, 6.45) is 0.761. The molecular weight excluding hydrogens is 262 g/mol. The number of halogens is 1. The molecule has 0 bridgehead atoms. The molecule has 0 aliphatic carbocycles. The van der Waals surface area contributed by atoms with Crippen LogP contribution < -0.4 is 11.3 Å². The maximum atomic E-state index is 12.1. The molecule has 1 aromatic heterocycles. The average Bonchev–Trinajstić information content (AvgIpc) is 2.60. The summed E-state index contributed by atoms with van der Waals surface area (Å²) in [5.41, 5.74) is 7.66. The summed E-state index contributed by atoms with van der Waals surface area (Å²) in [6, 6.07) is 7.46. The van der Waals surface area contributed by atoms with E-state index in [0.717, 1.165) is 17.7 Å². The molecule has 1 aromatic carbocycles. The van der Waals surface area contributed by atoms with E-state index in [4.69, 9.17) is 17.3 Å². The molecule has 0 atom stereocenters. The SMILES string of the molecule is CC(C)Cc1[nH]n(Cc2ccccc2Cl)c(=O)c1N. The van der Waals surface area contributed by atoms with Crippen molar-refractivity contribution in [1.82, 2.24) is 9.78 Å². The van der Waals surface area contributed by atoms with Crippen molar-refractivity contribution in [2.45, 2.75) is 26.8 Å². The molecule has 0 unspecified atom stereocenters. The number of nitrogens with zero attached hydrogens (tertiary/aromatic N) is 1. The van der Waals surface area contributed by atoms with E-state index in [9.17, 15) is 4.79 Å². The molecule has 1 heterocycles. The van der Waals surface area contributed by atoms with E-state index in [2.05, 4.69) is 18.9 Å². The van der Waals surface area contributed by atoms with Crippen molar-refractivity contribution in [3.63, 3.8) is 0 Å². The van der Waals surface area contributed by atoms with E-state index >= 15 is 0 Å². The summed E-state index contributed by atoms with van der Waals surface area (Å²) >= 11 is 6.10. The molecule has 2 aromatic rings. The number of H-pyrrole nitrogens is 1. The second-order valence-corrected chi connectivity index (χ2v) is 5.49. The third kappa shape index (κ3) is 3.01. The maximum absolute atomic E-state index is 12.1. The molecule has 0 fully saturated rings. The molecule has 0 amide bonds. The van der Waals surface area contributed by atoms with Gasteiger partial charge in [0.25, 0.3) is 5.56 Å². The highest BCUT2D eigenvalue weighted by atomic mass is 35.5. The van der Waals surface area contributed by atoms with E-state index in [1.807, 2.05) is 24.3 Å². The van der Waals surface area contributed by atoms with Crippen molar-refractivity contribution >= 4 is 17.3 Å². The highest BCUT2D eigenvalue weighted by molar-refractivity contribution is 6.31. The van der Waals surface area contributed by atoms with Crippen LogP contribution in [0.15, 0.2) is 29.1 Å². The van der Waals surface area contributed by atoms with Crippen molar-refractivity contribution in [2.24, 2.45) is 5.92 Å². The van der Waals surface area contributed by atoms with Crippen molar-refractivity contribution in [3.8, 4) is 0 Å². The van der Waals surface area contributed by atoms with E-state index in [1.54, 1.807) is 0 Å². The highest BCUT2D eigenvalue weighted by Gasteiger charge is 2.13. The average molecular weight is 280 g/mol. The second kappa shape index (κ2) is 5.53. The smallest absolute Gasteiger partial charge is 0.290 e. The number of aromatic amines is 1. The zero-order chi connectivity index (χ0) is 14.0. The van der Waals surface area contributed by atoms with Gasteiger partial charge in [-0.05, 0) is 24.0 Å². The Morgan fingerprint density at radius 3 is 2.68 bits per heavy atom. The largest absolute Gasteiger partial charge is 0.393 e. The Bertz CT molecular complexity index is 628. The fourth-order valence-corrected chi connectivity index (χ4v) is 2.22. The Morgan fingerprint density at radius 2 is 2.05 bits per heavy atom. The van der Waals surface area contributed by atoms with Crippen LogP contribution in [-0.4, -0.2) is 9.78 Å². The van der Waals surface area contributed by atoms with Gasteiger partial charge in [0.05, 0.1) is 12.2 Å². The van der Waals surface area contributed by atoms with Crippen LogP contribution >= 0.6 is 11.6 Å². The van der Waals surface area contributed by atoms with Gasteiger partial charge in [-0.15, -0.1) is 0 Å². The lowest BCUT2D eigenvalue weighted by Gasteiger charge is -2.05. The Hall–Kier alpha value is -1.68. The monoisotopic (exact) mass is 279 g/mol. The quantitative estimate of drug-likeness (QED) is 0.904. The molecule has 0 saturated carbocycles. The minimum Gasteiger partial charge on any atom is -0.393 e. The summed E-state index contributed by atoms with van der Waals surface area (Å²) < 4.78 is 1.51. The zero-order valence-corrected chi connectivity index (χ0v) is 11.9. The first-order chi connectivity index (χ1) is 8.99. The normalized spacial score (nSPS) is 11.2. The van der Waals surface area contributed by atoms with Gasteiger partial charge in [0.1, 0.15) is 5.69 Å². The van der Waals surface area contributed by atoms with Crippen LogP contribution in [0.5, 0.6) is 0 Å². The van der Waals surface area contributed by atoms with Gasteiger partial charge >= 0.3 is 0 Å². The van der Waals surface area contributed by atoms with Crippen molar-refractivity contribution in [2.75, 3.05) is 5.73 Å².